The summed E-state index contributed by atoms with van der Waals surface area (Å²) >= 11 is 0. The Bertz CT molecular complexity index is 507. The van der Waals surface area contributed by atoms with Crippen molar-refractivity contribution in [3.8, 4) is 12.1 Å². The normalized spacial score (nSPS) is 20.1. The van der Waals surface area contributed by atoms with Crippen LogP contribution in [0.3, 0.4) is 0 Å². The minimum atomic E-state index is 0.0498. The van der Waals surface area contributed by atoms with Gasteiger partial charge in [0.15, 0.2) is 0 Å². The molecule has 1 heterocycles. The van der Waals surface area contributed by atoms with Gasteiger partial charge in [0.25, 0.3) is 0 Å². The molecule has 0 aromatic heterocycles. The fourth-order valence-corrected chi connectivity index (χ4v) is 2.49. The number of aryl methyl sites for hydroxylation is 1. The summed E-state index contributed by atoms with van der Waals surface area (Å²) < 4.78 is 0. The van der Waals surface area contributed by atoms with Crippen molar-refractivity contribution in [2.75, 3.05) is 6.54 Å². The van der Waals surface area contributed by atoms with E-state index in [1.807, 2.05) is 25.1 Å². The summed E-state index contributed by atoms with van der Waals surface area (Å²) in [5, 5.41) is 18.0. The molecule has 1 fully saturated rings. The van der Waals surface area contributed by atoms with Gasteiger partial charge in [-0.05, 0) is 56.0 Å². The zero-order chi connectivity index (χ0) is 13.0. The first kappa shape index (κ1) is 12.6. The Kier molecular flexibility index (Phi) is 3.97. The summed E-state index contributed by atoms with van der Waals surface area (Å²) in [6.07, 6.45) is 3.31. The van der Waals surface area contributed by atoms with Crippen LogP contribution in [0.4, 0.5) is 0 Å². The van der Waals surface area contributed by atoms with Crippen molar-refractivity contribution in [1.29, 1.82) is 10.5 Å². The van der Waals surface area contributed by atoms with Crippen LogP contribution in [0.25, 0.3) is 0 Å². The Morgan fingerprint density at radius 2 is 2.17 bits per heavy atom. The Morgan fingerprint density at radius 3 is 2.83 bits per heavy atom. The van der Waals surface area contributed by atoms with E-state index in [9.17, 15) is 0 Å². The van der Waals surface area contributed by atoms with Crippen molar-refractivity contribution < 1.29 is 0 Å². The summed E-state index contributed by atoms with van der Waals surface area (Å²) in [7, 11) is 0. The largest absolute Gasteiger partial charge is 0.284 e. The van der Waals surface area contributed by atoms with Crippen LogP contribution in [0.15, 0.2) is 18.2 Å². The van der Waals surface area contributed by atoms with E-state index in [4.69, 9.17) is 10.5 Å². The van der Waals surface area contributed by atoms with Gasteiger partial charge in [-0.1, -0.05) is 6.07 Å². The molecule has 0 N–H and O–H groups in total. The first-order valence-corrected chi connectivity index (χ1v) is 6.38. The molecule has 1 atom stereocenters. The molecule has 3 heteroatoms. The highest BCUT2D eigenvalue weighted by atomic mass is 15.2. The number of benzene rings is 1. The number of nitrogens with zero attached hydrogens (tertiary/aromatic N) is 3. The second kappa shape index (κ2) is 5.67. The fraction of sp³-hybridized carbons (Fsp3) is 0.467. The number of piperidine rings is 1. The molecule has 0 saturated carbocycles. The van der Waals surface area contributed by atoms with Crippen LogP contribution in [0, 0.1) is 29.6 Å². The maximum atomic E-state index is 9.16. The van der Waals surface area contributed by atoms with Gasteiger partial charge in [-0.3, -0.25) is 4.90 Å². The van der Waals surface area contributed by atoms with Crippen LogP contribution in [-0.4, -0.2) is 17.5 Å². The predicted molar refractivity (Wildman–Crippen MR) is 69.6 cm³/mol. The number of likely N-dealkylation sites (tertiary alicyclic amines) is 1. The summed E-state index contributed by atoms with van der Waals surface area (Å²) in [6.45, 7) is 3.84. The van der Waals surface area contributed by atoms with Gasteiger partial charge in [0.05, 0.1) is 23.7 Å². The Morgan fingerprint density at radius 1 is 1.33 bits per heavy atom. The SMILES string of the molecule is Cc1cc(C#N)ccc1CN1CCCCC1C#N. The van der Waals surface area contributed by atoms with E-state index in [-0.39, 0.29) is 6.04 Å². The minimum absolute atomic E-state index is 0.0498. The molecule has 0 aliphatic carbocycles. The number of rotatable bonds is 2. The molecular formula is C15H17N3. The monoisotopic (exact) mass is 239 g/mol. The molecule has 92 valence electrons. The lowest BCUT2D eigenvalue weighted by Crippen LogP contribution is -2.38. The van der Waals surface area contributed by atoms with Crippen LogP contribution in [0.5, 0.6) is 0 Å². The lowest BCUT2D eigenvalue weighted by atomic mass is 10.00. The summed E-state index contributed by atoms with van der Waals surface area (Å²) in [5.74, 6) is 0. The van der Waals surface area contributed by atoms with Gasteiger partial charge < -0.3 is 0 Å². The Balaban J connectivity index is 2.14. The predicted octanol–water partition coefficient (Wildman–Crippen LogP) is 2.74. The molecule has 3 nitrogen and oxygen atoms in total. The Labute approximate surface area is 108 Å². The lowest BCUT2D eigenvalue weighted by Gasteiger charge is -2.31. The third-order valence-electron chi connectivity index (χ3n) is 3.61. The topological polar surface area (TPSA) is 50.8 Å². The number of nitriles is 2. The molecule has 0 amide bonds. The summed E-state index contributed by atoms with van der Waals surface area (Å²) in [5.41, 5.74) is 3.05. The molecule has 1 aliphatic rings. The van der Waals surface area contributed by atoms with Gasteiger partial charge in [0.1, 0.15) is 0 Å². The van der Waals surface area contributed by atoms with Gasteiger partial charge in [-0.15, -0.1) is 0 Å². The van der Waals surface area contributed by atoms with Crippen molar-refractivity contribution in [2.45, 2.75) is 38.8 Å². The zero-order valence-corrected chi connectivity index (χ0v) is 10.7. The molecule has 1 aromatic carbocycles. The van der Waals surface area contributed by atoms with E-state index >= 15 is 0 Å². The quantitative estimate of drug-likeness (QED) is 0.797. The van der Waals surface area contributed by atoms with E-state index in [2.05, 4.69) is 17.0 Å². The highest BCUT2D eigenvalue weighted by Crippen LogP contribution is 2.21. The summed E-state index contributed by atoms with van der Waals surface area (Å²) in [6, 6.07) is 10.4. The maximum Gasteiger partial charge on any atom is 0.0991 e. The van der Waals surface area contributed by atoms with Gasteiger partial charge in [-0.2, -0.15) is 10.5 Å². The fourth-order valence-electron chi connectivity index (χ4n) is 2.49. The van der Waals surface area contributed by atoms with Crippen LogP contribution >= 0.6 is 0 Å². The van der Waals surface area contributed by atoms with Crippen molar-refractivity contribution in [2.24, 2.45) is 0 Å². The third kappa shape index (κ3) is 2.70. The van der Waals surface area contributed by atoms with Gasteiger partial charge in [0, 0.05) is 6.54 Å². The first-order chi connectivity index (χ1) is 8.74. The molecule has 0 bridgehead atoms. The molecular weight excluding hydrogens is 222 g/mol. The highest BCUT2D eigenvalue weighted by Gasteiger charge is 2.22. The highest BCUT2D eigenvalue weighted by molar-refractivity contribution is 5.37. The number of hydrogen-bond donors (Lipinski definition) is 0. The van der Waals surface area contributed by atoms with E-state index in [0.717, 1.165) is 31.5 Å². The smallest absolute Gasteiger partial charge is 0.0991 e. The molecule has 2 rings (SSSR count). The standard InChI is InChI=1S/C15H17N3/c1-12-8-13(9-16)5-6-14(12)11-18-7-3-2-4-15(18)10-17/h5-6,8,15H,2-4,7,11H2,1H3. The molecule has 1 aromatic rings. The maximum absolute atomic E-state index is 9.16. The molecule has 0 radical (unpaired) electrons. The van der Waals surface area contributed by atoms with Crippen LogP contribution in [-0.2, 0) is 6.54 Å². The van der Waals surface area contributed by atoms with E-state index in [1.165, 1.54) is 12.0 Å². The van der Waals surface area contributed by atoms with Crippen molar-refractivity contribution in [1.82, 2.24) is 4.90 Å². The van der Waals surface area contributed by atoms with Crippen molar-refractivity contribution >= 4 is 0 Å². The zero-order valence-electron chi connectivity index (χ0n) is 10.7. The average molecular weight is 239 g/mol. The van der Waals surface area contributed by atoms with Crippen LogP contribution in [0.1, 0.15) is 36.0 Å². The van der Waals surface area contributed by atoms with Crippen molar-refractivity contribution in [3.05, 3.63) is 34.9 Å². The van der Waals surface area contributed by atoms with Gasteiger partial charge >= 0.3 is 0 Å². The molecule has 18 heavy (non-hydrogen) atoms. The van der Waals surface area contributed by atoms with Gasteiger partial charge in [0.2, 0.25) is 0 Å². The van der Waals surface area contributed by atoms with Crippen LogP contribution < -0.4 is 0 Å². The first-order valence-electron chi connectivity index (χ1n) is 6.38. The minimum Gasteiger partial charge on any atom is -0.284 e. The molecule has 0 spiro atoms. The van der Waals surface area contributed by atoms with E-state index in [1.54, 1.807) is 0 Å². The second-order valence-electron chi connectivity index (χ2n) is 4.86. The van der Waals surface area contributed by atoms with Crippen molar-refractivity contribution in [3.63, 3.8) is 0 Å². The number of hydrogen-bond acceptors (Lipinski definition) is 3. The molecule has 1 unspecified atom stereocenters. The Hall–Kier alpha value is -1.84. The summed E-state index contributed by atoms with van der Waals surface area (Å²) in [4.78, 5) is 2.25. The third-order valence-corrected chi connectivity index (χ3v) is 3.61. The molecule has 1 aliphatic heterocycles. The van der Waals surface area contributed by atoms with Crippen LogP contribution in [0.2, 0.25) is 0 Å². The van der Waals surface area contributed by atoms with Gasteiger partial charge in [-0.25, -0.2) is 0 Å². The average Bonchev–Trinajstić information content (AvgIpc) is 2.41. The van der Waals surface area contributed by atoms with E-state index < -0.39 is 0 Å². The lowest BCUT2D eigenvalue weighted by molar-refractivity contribution is 0.176. The second-order valence-corrected chi connectivity index (χ2v) is 4.86. The van der Waals surface area contributed by atoms with E-state index in [0.29, 0.717) is 5.56 Å². The molecule has 1 saturated heterocycles.